The summed E-state index contributed by atoms with van der Waals surface area (Å²) >= 11 is 0. The summed E-state index contributed by atoms with van der Waals surface area (Å²) in [5, 5.41) is 10.3. The van der Waals surface area contributed by atoms with Crippen LogP contribution in [0.15, 0.2) is 61.2 Å². The Morgan fingerprint density at radius 2 is 1.71 bits per heavy atom. The Morgan fingerprint density at radius 1 is 1.03 bits per heavy atom. The molecule has 2 aliphatic rings. The van der Waals surface area contributed by atoms with Crippen molar-refractivity contribution in [1.82, 2.24) is 14.7 Å². The second-order valence-electron chi connectivity index (χ2n) is 10.2. The molecule has 0 radical (unpaired) electrons. The van der Waals surface area contributed by atoms with E-state index in [2.05, 4.69) is 48.4 Å². The van der Waals surface area contributed by atoms with Crippen molar-refractivity contribution >= 4 is 5.91 Å². The zero-order valence-electron chi connectivity index (χ0n) is 21.0. The van der Waals surface area contributed by atoms with Crippen LogP contribution in [0.1, 0.15) is 67.1 Å². The van der Waals surface area contributed by atoms with Gasteiger partial charge >= 0.3 is 0 Å². The summed E-state index contributed by atoms with van der Waals surface area (Å²) in [4.78, 5) is 19.4. The normalized spacial score (nSPS) is 26.5. The van der Waals surface area contributed by atoms with Crippen LogP contribution >= 0.6 is 0 Å². The van der Waals surface area contributed by atoms with E-state index in [1.54, 1.807) is 25.1 Å². The quantitative estimate of drug-likeness (QED) is 0.610. The third-order valence-electron chi connectivity index (χ3n) is 7.79. The van der Waals surface area contributed by atoms with Gasteiger partial charge in [0.25, 0.3) is 5.91 Å². The van der Waals surface area contributed by atoms with E-state index in [1.165, 1.54) is 12.8 Å². The van der Waals surface area contributed by atoms with Gasteiger partial charge in [-0.1, -0.05) is 30.3 Å². The molecule has 2 aromatic rings. The monoisotopic (exact) mass is 461 g/mol. The third kappa shape index (κ3) is 4.77. The zero-order valence-corrected chi connectivity index (χ0v) is 21.0. The van der Waals surface area contributed by atoms with E-state index in [0.717, 1.165) is 30.5 Å². The maximum Gasteiger partial charge on any atom is 0.253 e. The molecule has 5 nitrogen and oxygen atoms in total. The number of phenols is 1. The first-order valence-electron chi connectivity index (χ1n) is 12.6. The summed E-state index contributed by atoms with van der Waals surface area (Å²) in [5.41, 5.74) is 2.94. The number of amides is 1. The van der Waals surface area contributed by atoms with Crippen LogP contribution < -0.4 is 0 Å². The summed E-state index contributed by atoms with van der Waals surface area (Å²) in [5.74, 6) is 0.293. The molecule has 0 bridgehead atoms. The summed E-state index contributed by atoms with van der Waals surface area (Å²) in [6.07, 6.45) is 6.70. The van der Waals surface area contributed by atoms with Gasteiger partial charge in [-0.15, -0.1) is 6.58 Å². The van der Waals surface area contributed by atoms with Crippen LogP contribution in [0.4, 0.5) is 0 Å². The number of phenolic OH excluding ortho intramolecular Hbond substituents is 1. The zero-order chi connectivity index (χ0) is 24.4. The number of benzene rings is 2. The Kier molecular flexibility index (Phi) is 7.44. The maximum absolute atomic E-state index is 12.5. The van der Waals surface area contributed by atoms with Crippen molar-refractivity contribution < 1.29 is 9.90 Å². The van der Waals surface area contributed by atoms with Gasteiger partial charge in [0.15, 0.2) is 0 Å². The maximum atomic E-state index is 12.5. The van der Waals surface area contributed by atoms with Crippen LogP contribution in [-0.2, 0) is 0 Å². The Bertz CT molecular complexity index is 1000. The first-order valence-corrected chi connectivity index (χ1v) is 12.6. The van der Waals surface area contributed by atoms with E-state index in [9.17, 15) is 9.90 Å². The second-order valence-corrected chi connectivity index (χ2v) is 10.2. The topological polar surface area (TPSA) is 47.0 Å². The number of fused-ring (bicyclic) bond motifs is 1. The van der Waals surface area contributed by atoms with Gasteiger partial charge in [-0.3, -0.25) is 14.6 Å². The first kappa shape index (κ1) is 24.5. The Balaban J connectivity index is 1.77. The van der Waals surface area contributed by atoms with Gasteiger partial charge in [-0.2, -0.15) is 0 Å². The molecule has 4 rings (SSSR count). The molecule has 0 aliphatic carbocycles. The number of rotatable bonds is 6. The molecule has 2 aromatic carbocycles. The van der Waals surface area contributed by atoms with Gasteiger partial charge in [0.1, 0.15) is 5.75 Å². The summed E-state index contributed by atoms with van der Waals surface area (Å²) in [7, 11) is 3.56. The van der Waals surface area contributed by atoms with Crippen molar-refractivity contribution in [1.29, 1.82) is 0 Å². The standard InChI is InChI=1S/C29H39N3O2/c1-6-18-31-20(2)10-17-27-26(31)16-11-21(3)32(27)28(24-8-7-9-25(33)19-24)22-12-14-23(15-13-22)29(34)30(4)5/h6-9,12-15,19-21,26-28,33H,1,10-11,16-18H2,2-5H3. The van der Waals surface area contributed by atoms with Gasteiger partial charge in [-0.25, -0.2) is 0 Å². The highest BCUT2D eigenvalue weighted by Gasteiger charge is 2.45. The van der Waals surface area contributed by atoms with Crippen molar-refractivity contribution in [2.24, 2.45) is 0 Å². The van der Waals surface area contributed by atoms with Gasteiger partial charge in [0.2, 0.25) is 0 Å². The number of carbonyl (C=O) groups excluding carboxylic acids is 1. The SMILES string of the molecule is C=CCN1C(C)CCC2C1CCC(C)N2C(c1ccc(C(=O)N(C)C)cc1)c1cccc(O)c1. The molecule has 5 atom stereocenters. The number of nitrogens with zero attached hydrogens (tertiary/aromatic N) is 3. The predicted octanol–water partition coefficient (Wildman–Crippen LogP) is 5.08. The molecule has 1 N–H and O–H groups in total. The van der Waals surface area contributed by atoms with E-state index >= 15 is 0 Å². The van der Waals surface area contributed by atoms with Crippen LogP contribution in [0.25, 0.3) is 0 Å². The van der Waals surface area contributed by atoms with E-state index in [0.29, 0.717) is 29.7 Å². The van der Waals surface area contributed by atoms with Gasteiger partial charge in [0.05, 0.1) is 6.04 Å². The molecule has 2 heterocycles. The summed E-state index contributed by atoms with van der Waals surface area (Å²) in [6, 6.07) is 17.6. The average molecular weight is 462 g/mol. The minimum absolute atomic E-state index is 0.00759. The lowest BCUT2D eigenvalue weighted by molar-refractivity contribution is -0.0499. The largest absolute Gasteiger partial charge is 0.508 e. The number of hydrogen-bond acceptors (Lipinski definition) is 4. The smallest absolute Gasteiger partial charge is 0.253 e. The fourth-order valence-corrected chi connectivity index (χ4v) is 6.12. The predicted molar refractivity (Wildman–Crippen MR) is 138 cm³/mol. The van der Waals surface area contributed by atoms with Crippen molar-refractivity contribution in [3.05, 3.63) is 77.9 Å². The van der Waals surface area contributed by atoms with E-state index in [-0.39, 0.29) is 17.7 Å². The third-order valence-corrected chi connectivity index (χ3v) is 7.79. The molecular weight excluding hydrogens is 422 g/mol. The minimum atomic E-state index is 0.00759. The molecule has 0 spiro atoms. The molecule has 34 heavy (non-hydrogen) atoms. The molecule has 2 saturated heterocycles. The van der Waals surface area contributed by atoms with Gasteiger partial charge in [0, 0.05) is 50.4 Å². The summed E-state index contributed by atoms with van der Waals surface area (Å²) in [6.45, 7) is 9.62. The first-order chi connectivity index (χ1) is 16.3. The number of likely N-dealkylation sites (tertiary alicyclic amines) is 2. The van der Waals surface area contributed by atoms with Crippen LogP contribution in [0.5, 0.6) is 5.75 Å². The second kappa shape index (κ2) is 10.3. The molecule has 0 aromatic heterocycles. The Morgan fingerprint density at radius 3 is 2.35 bits per heavy atom. The fourth-order valence-electron chi connectivity index (χ4n) is 6.12. The van der Waals surface area contributed by atoms with Crippen molar-refractivity contribution in [2.75, 3.05) is 20.6 Å². The number of aromatic hydroxyl groups is 1. The lowest BCUT2D eigenvalue weighted by Crippen LogP contribution is -2.63. The molecule has 2 fully saturated rings. The lowest BCUT2D eigenvalue weighted by atomic mass is 9.79. The summed E-state index contributed by atoms with van der Waals surface area (Å²) < 4.78 is 0. The molecule has 5 heteroatoms. The Labute approximate surface area is 204 Å². The van der Waals surface area contributed by atoms with Gasteiger partial charge in [-0.05, 0) is 74.9 Å². The molecule has 2 aliphatic heterocycles. The highest BCUT2D eigenvalue weighted by atomic mass is 16.3. The highest BCUT2D eigenvalue weighted by Crippen LogP contribution is 2.43. The molecule has 5 unspecified atom stereocenters. The van der Waals surface area contributed by atoms with Crippen molar-refractivity contribution in [2.45, 2.75) is 69.7 Å². The van der Waals surface area contributed by atoms with Crippen LogP contribution in [0.2, 0.25) is 0 Å². The van der Waals surface area contributed by atoms with Crippen LogP contribution in [-0.4, -0.2) is 70.5 Å². The number of piperidine rings is 2. The van der Waals surface area contributed by atoms with Crippen LogP contribution in [0, 0.1) is 0 Å². The van der Waals surface area contributed by atoms with Gasteiger partial charge < -0.3 is 10.0 Å². The minimum Gasteiger partial charge on any atom is -0.508 e. The molecule has 0 saturated carbocycles. The van der Waals surface area contributed by atoms with E-state index < -0.39 is 0 Å². The highest BCUT2D eigenvalue weighted by molar-refractivity contribution is 5.93. The average Bonchev–Trinajstić information content (AvgIpc) is 2.82. The van der Waals surface area contributed by atoms with Crippen molar-refractivity contribution in [3.8, 4) is 5.75 Å². The molecular formula is C29H39N3O2. The number of hydrogen-bond donors (Lipinski definition) is 1. The number of carbonyl (C=O) groups is 1. The molecule has 1 amide bonds. The Hall–Kier alpha value is -2.63. The van der Waals surface area contributed by atoms with Crippen LogP contribution in [0.3, 0.4) is 0 Å². The van der Waals surface area contributed by atoms with E-state index in [4.69, 9.17) is 0 Å². The lowest BCUT2D eigenvalue weighted by Gasteiger charge is -2.56. The van der Waals surface area contributed by atoms with Crippen molar-refractivity contribution in [3.63, 3.8) is 0 Å². The fraction of sp³-hybridized carbons (Fsp3) is 0.483. The van der Waals surface area contributed by atoms with E-state index in [1.807, 2.05) is 30.3 Å². The molecule has 182 valence electrons.